The topological polar surface area (TPSA) is 668 Å². The van der Waals surface area contributed by atoms with Crippen LogP contribution in [-0.2, 0) is 76.6 Å². The van der Waals surface area contributed by atoms with Crippen LogP contribution in [0.2, 0.25) is 0 Å². The second kappa shape index (κ2) is 45.3. The number of phenols is 1. The van der Waals surface area contributed by atoms with Crippen LogP contribution in [0.15, 0.2) is 34.3 Å². The van der Waals surface area contributed by atoms with E-state index in [4.69, 9.17) is 49.6 Å². The van der Waals surface area contributed by atoms with Crippen LogP contribution in [0.4, 0.5) is 0 Å². The first-order chi connectivity index (χ1) is 51.8. The third kappa shape index (κ3) is 29.6. The van der Waals surface area contributed by atoms with Crippen molar-refractivity contribution in [2.24, 2.45) is 85.6 Å². The Kier molecular flexibility index (Phi) is 38.8. The molecule has 13 amide bonds. The van der Waals surface area contributed by atoms with Gasteiger partial charge in [-0.2, -0.15) is 0 Å². The molecule has 0 saturated carbocycles. The van der Waals surface area contributed by atoms with E-state index < -0.39 is 223 Å². The summed E-state index contributed by atoms with van der Waals surface area (Å²) >= 11 is 0. The Bertz CT molecular complexity index is 3430. The molecule has 2 aliphatic rings. The van der Waals surface area contributed by atoms with Gasteiger partial charge in [-0.25, -0.2) is 4.79 Å². The van der Waals surface area contributed by atoms with Gasteiger partial charge in [-0.1, -0.05) is 67.5 Å². The number of fused-ring (bicyclic) bond motifs is 1. The van der Waals surface area contributed by atoms with Gasteiger partial charge in [0.25, 0.3) is 5.91 Å². The smallest absolute Gasteiger partial charge is 0.329 e. The maximum atomic E-state index is 15.6. The summed E-state index contributed by atoms with van der Waals surface area (Å²) in [6, 6.07) is -13.0. The number of cyclic esters (lactones) is 1. The summed E-state index contributed by atoms with van der Waals surface area (Å²) < 4.78 is 11.9. The van der Waals surface area contributed by atoms with Crippen LogP contribution < -0.4 is 82.7 Å². The molecule has 624 valence electrons. The zero-order chi connectivity index (χ0) is 84.2. The molecule has 2 heterocycles. The van der Waals surface area contributed by atoms with Gasteiger partial charge in [0, 0.05) is 46.1 Å². The highest BCUT2D eigenvalue weighted by Crippen LogP contribution is 2.30. The van der Waals surface area contributed by atoms with E-state index >= 15 is 24.0 Å². The number of nitrogens with zero attached hydrogens (tertiary/aromatic N) is 4. The van der Waals surface area contributed by atoms with Crippen molar-refractivity contribution in [3.05, 3.63) is 29.8 Å². The standard InChI is InChI=1S/C71H119N19O21/c1-32(2)29-34(5)54(95)37(8)59(99)83-44(31-49(73)94)61(101)81-42(17-15-26-79-70(75)76)55(96)56(97)66(106)85-50(35(6)36(7)58(74)98)63(103)87-52-39(10)111-69(109)47-19-13-14-28-90(47)68(108)53(57(110-12)40-20-22-41(92)23-21-40)88-62(102)46(24-25-48(72)93)89(11)67(107)45(30-33(3)4)84-60(100)43(18-16-27-80-71(77)78)82-64(104)51(38(9)91)86-65(52)105/h20-23,32-39,42-47,50-57,91-92,95-97H,13-19,24-31H2,1-12H3,(H2,72,93)(H2,73,94)(H2,74,98)(H,81,101)(H,82,104)(H,83,99)(H,84,100)(H,85,106)(H,86,105)(H,87,103)(H,88,102)(H4,75,76,79)(H4,77,78,80)/t34?,35?,36?,37?,38-,39-,42?,43-,44+,45+,46+,47+,50?,51-,52-,53?,54?,55?,56?,57?/m1/s1. The lowest BCUT2D eigenvalue weighted by Crippen LogP contribution is -2.65. The monoisotopic (exact) mass is 1570 g/mol. The largest absolute Gasteiger partial charge is 0.508 e. The van der Waals surface area contributed by atoms with Crippen LogP contribution in [-0.4, -0.2) is 255 Å². The van der Waals surface area contributed by atoms with Gasteiger partial charge in [0.05, 0.1) is 30.6 Å². The molecule has 20 atom stereocenters. The molecule has 0 spiro atoms. The van der Waals surface area contributed by atoms with Crippen LogP contribution in [0.3, 0.4) is 0 Å². The number of benzene rings is 1. The molecular weight excluding hydrogens is 1450 g/mol. The van der Waals surface area contributed by atoms with Crippen molar-refractivity contribution in [1.82, 2.24) is 52.3 Å². The number of aliphatic hydroxyl groups is 4. The number of amides is 13. The number of ether oxygens (including phenoxy) is 2. The van der Waals surface area contributed by atoms with Crippen molar-refractivity contribution < 1.29 is 102 Å². The number of esters is 1. The number of carbonyl (C=O) groups is 14. The number of rotatable bonds is 36. The van der Waals surface area contributed by atoms with Crippen molar-refractivity contribution in [2.75, 3.05) is 33.8 Å². The summed E-state index contributed by atoms with van der Waals surface area (Å²) in [6.07, 6.45) is -13.5. The molecule has 1 aromatic rings. The highest BCUT2D eigenvalue weighted by molar-refractivity contribution is 6.00. The van der Waals surface area contributed by atoms with Gasteiger partial charge in [-0.15, -0.1) is 0 Å². The van der Waals surface area contributed by atoms with E-state index in [0.29, 0.717) is 6.42 Å². The summed E-state index contributed by atoms with van der Waals surface area (Å²) in [4.78, 5) is 211. The van der Waals surface area contributed by atoms with Crippen molar-refractivity contribution >= 4 is 94.7 Å². The quantitative estimate of drug-likeness (QED) is 0.0129. The maximum absolute atomic E-state index is 15.6. The van der Waals surface area contributed by atoms with Crippen molar-refractivity contribution in [3.63, 3.8) is 0 Å². The molecule has 0 aliphatic carbocycles. The minimum absolute atomic E-state index is 0.0507. The molecule has 2 saturated heterocycles. The zero-order valence-electron chi connectivity index (χ0n) is 65.2. The Morgan fingerprint density at radius 1 is 0.649 bits per heavy atom. The van der Waals surface area contributed by atoms with E-state index in [1.807, 2.05) is 13.8 Å². The summed E-state index contributed by atoms with van der Waals surface area (Å²) in [5.41, 5.74) is 39.3. The number of guanidine groups is 2. The Labute approximate surface area is 645 Å². The number of phenolic OH excluding ortho intramolecular Hbond substituents is 1. The van der Waals surface area contributed by atoms with Gasteiger partial charge in [-0.3, -0.25) is 72.3 Å². The minimum atomic E-state index is -2.67. The van der Waals surface area contributed by atoms with Gasteiger partial charge in [0.1, 0.15) is 78.4 Å². The Morgan fingerprint density at radius 2 is 1.24 bits per heavy atom. The average Bonchev–Trinajstić information content (AvgIpc) is 0.786. The molecule has 27 N–H and O–H groups in total. The van der Waals surface area contributed by atoms with Gasteiger partial charge < -0.3 is 127 Å². The fraction of sp³-hybridized carbons (Fsp3) is 0.690. The Balaban J connectivity index is 2.38. The second-order valence-corrected chi connectivity index (χ2v) is 29.5. The van der Waals surface area contributed by atoms with Crippen molar-refractivity contribution in [1.29, 1.82) is 0 Å². The number of aromatic hydroxyl groups is 1. The van der Waals surface area contributed by atoms with E-state index in [2.05, 4.69) is 52.5 Å². The highest BCUT2D eigenvalue weighted by Gasteiger charge is 2.47. The third-order valence-corrected chi connectivity index (χ3v) is 19.5. The summed E-state index contributed by atoms with van der Waals surface area (Å²) in [6.45, 7) is 14.4. The van der Waals surface area contributed by atoms with Gasteiger partial charge in [-0.05, 0) is 119 Å². The molecule has 2 aliphatic heterocycles. The first-order valence-corrected chi connectivity index (χ1v) is 37.1. The predicted octanol–water partition coefficient (Wildman–Crippen LogP) is -6.05. The van der Waals surface area contributed by atoms with E-state index in [1.54, 1.807) is 20.8 Å². The molecule has 3 rings (SSSR count). The molecule has 0 bridgehead atoms. The van der Waals surface area contributed by atoms with E-state index in [1.165, 1.54) is 59.2 Å². The fourth-order valence-corrected chi connectivity index (χ4v) is 13.0. The molecule has 40 heteroatoms. The summed E-state index contributed by atoms with van der Waals surface area (Å²) in [7, 11) is 2.40. The van der Waals surface area contributed by atoms with Crippen molar-refractivity contribution in [3.8, 4) is 5.75 Å². The third-order valence-electron chi connectivity index (χ3n) is 19.5. The van der Waals surface area contributed by atoms with Crippen molar-refractivity contribution in [2.45, 2.75) is 243 Å². The first-order valence-electron chi connectivity index (χ1n) is 37.1. The van der Waals surface area contributed by atoms with Gasteiger partial charge in [0.15, 0.2) is 18.0 Å². The van der Waals surface area contributed by atoms with Gasteiger partial charge >= 0.3 is 5.97 Å². The van der Waals surface area contributed by atoms with Crippen LogP contribution in [0.5, 0.6) is 5.75 Å². The van der Waals surface area contributed by atoms with Crippen LogP contribution in [0.25, 0.3) is 0 Å². The number of primary amides is 3. The number of nitrogens with one attached hydrogen (secondary N) is 8. The number of aliphatic imine (C=N–C) groups is 2. The average molecular weight is 1570 g/mol. The number of methoxy groups -OCH3 is 1. The zero-order valence-corrected chi connectivity index (χ0v) is 65.2. The Morgan fingerprint density at radius 3 is 1.79 bits per heavy atom. The molecule has 1 aromatic carbocycles. The number of piperidine rings is 1. The lowest BCUT2D eigenvalue weighted by molar-refractivity contribution is -0.165. The molecule has 11 unspecified atom stereocenters. The fourth-order valence-electron chi connectivity index (χ4n) is 13.0. The van der Waals surface area contributed by atoms with E-state index in [-0.39, 0.29) is 106 Å². The molecule has 2 fully saturated rings. The number of carbonyl (C=O) groups excluding carboxylic acids is 14. The van der Waals surface area contributed by atoms with E-state index in [0.717, 1.165) is 23.6 Å². The first kappa shape index (κ1) is 95.1. The minimum Gasteiger partial charge on any atom is -0.508 e. The molecule has 0 radical (unpaired) electrons. The molecule has 111 heavy (non-hydrogen) atoms. The number of nitrogens with two attached hydrogens (primary N) is 7. The number of aliphatic hydroxyl groups excluding tert-OH is 4. The van der Waals surface area contributed by atoms with Crippen LogP contribution in [0, 0.1) is 35.5 Å². The summed E-state index contributed by atoms with van der Waals surface area (Å²) in [5.74, 6) is -21.7. The SMILES string of the molecule is COC(c1ccc(O)cc1)C1NC(=O)[C@H](CCC(N)=O)N(C)C(=O)[C@H](CC(C)C)NC(=O)[C@@H](CCCN=C(N)N)NC(=O)[C@@H]([C@@H](C)O)NC(=O)[C@H](NC(=O)C(NC(=O)C(O)C(O)C(CCCN=C(N)N)NC(=O)[C@H](CC(N)=O)NC(=O)C(C)C(O)C(C)CC(C)C)C(C)C(C)C(N)=O)[C@@H](C)OC(=O)[C@@H]2CCCCN2C1=O. The number of hydrogen-bond donors (Lipinski definition) is 20. The lowest BCUT2D eigenvalue weighted by Gasteiger charge is -2.39. The van der Waals surface area contributed by atoms with Crippen LogP contribution in [0.1, 0.15) is 158 Å². The lowest BCUT2D eigenvalue weighted by atomic mass is 9.87. The highest BCUT2D eigenvalue weighted by atomic mass is 16.5. The van der Waals surface area contributed by atoms with E-state index in [9.17, 15) is 68.7 Å². The van der Waals surface area contributed by atoms with Crippen LogP contribution >= 0.6 is 0 Å². The summed E-state index contributed by atoms with van der Waals surface area (Å²) in [5, 5.41) is 76.1. The number of hydrogen-bond acceptors (Lipinski definition) is 23. The molecule has 40 nitrogen and oxygen atoms in total. The normalized spacial score (nSPS) is 23.2. The maximum Gasteiger partial charge on any atom is 0.329 e. The molecule has 0 aromatic heterocycles. The molecular formula is C71H119N19O21. The Hall–Kier alpha value is -10.1. The predicted molar refractivity (Wildman–Crippen MR) is 401 cm³/mol. The number of likely N-dealkylation sites (N-methyl/N-ethyl adjacent to an activating group) is 1. The van der Waals surface area contributed by atoms with Gasteiger partial charge in [0.2, 0.25) is 70.9 Å². The second-order valence-electron chi connectivity index (χ2n) is 29.5.